The zero-order chi connectivity index (χ0) is 12.9. The molecule has 1 heterocycles. The fraction of sp³-hybridized carbons (Fsp3) is 0.765. The van der Waals surface area contributed by atoms with E-state index in [0.29, 0.717) is 0 Å². The van der Waals surface area contributed by atoms with Crippen molar-refractivity contribution in [1.29, 1.82) is 0 Å². The average Bonchev–Trinajstić information content (AvgIpc) is 3.16. The lowest BCUT2D eigenvalue weighted by Crippen LogP contribution is -2.29. The Hall–Kier alpha value is -0.340. The Balaban J connectivity index is 1.50. The summed E-state index contributed by atoms with van der Waals surface area (Å²) in [6.07, 6.45) is 12.9. The molecule has 0 amide bonds. The normalized spacial score (nSPS) is 28.2. The molecule has 0 aromatic carbocycles. The van der Waals surface area contributed by atoms with Crippen molar-refractivity contribution >= 4 is 11.3 Å². The van der Waals surface area contributed by atoms with E-state index in [-0.39, 0.29) is 0 Å². The number of thiophene rings is 1. The van der Waals surface area contributed by atoms with Gasteiger partial charge in [-0.25, -0.2) is 0 Å². The molecule has 3 rings (SSSR count). The zero-order valence-corrected chi connectivity index (χ0v) is 12.8. The third-order valence-corrected chi connectivity index (χ3v) is 5.68. The van der Waals surface area contributed by atoms with Crippen molar-refractivity contribution in [2.75, 3.05) is 6.54 Å². The van der Waals surface area contributed by atoms with Gasteiger partial charge in [0.25, 0.3) is 0 Å². The summed E-state index contributed by atoms with van der Waals surface area (Å²) in [4.78, 5) is 0. The van der Waals surface area contributed by atoms with Gasteiger partial charge in [0.2, 0.25) is 0 Å². The summed E-state index contributed by atoms with van der Waals surface area (Å²) in [5.74, 6) is 1.91. The largest absolute Gasteiger partial charge is 0.314 e. The van der Waals surface area contributed by atoms with Crippen LogP contribution in [0.2, 0.25) is 0 Å². The summed E-state index contributed by atoms with van der Waals surface area (Å²) >= 11 is 1.84. The maximum Gasteiger partial charge on any atom is 0.00683 e. The monoisotopic (exact) mass is 277 g/mol. The Kier molecular flexibility index (Phi) is 4.95. The first kappa shape index (κ1) is 13.6. The van der Waals surface area contributed by atoms with Crippen LogP contribution in [0.25, 0.3) is 0 Å². The predicted molar refractivity (Wildman–Crippen MR) is 83.7 cm³/mol. The molecule has 2 unspecified atom stereocenters. The maximum atomic E-state index is 3.78. The molecule has 0 spiro atoms. The van der Waals surface area contributed by atoms with Crippen LogP contribution in [0.3, 0.4) is 0 Å². The van der Waals surface area contributed by atoms with Crippen molar-refractivity contribution in [1.82, 2.24) is 5.32 Å². The van der Waals surface area contributed by atoms with Crippen LogP contribution >= 0.6 is 11.3 Å². The molecule has 2 aliphatic rings. The highest BCUT2D eigenvalue weighted by molar-refractivity contribution is 7.07. The minimum absolute atomic E-state index is 0.876. The van der Waals surface area contributed by atoms with Gasteiger partial charge in [-0.15, -0.1) is 0 Å². The Bertz CT molecular complexity index is 355. The van der Waals surface area contributed by atoms with Gasteiger partial charge in [0.05, 0.1) is 0 Å². The van der Waals surface area contributed by atoms with Gasteiger partial charge >= 0.3 is 0 Å². The van der Waals surface area contributed by atoms with E-state index in [4.69, 9.17) is 0 Å². The van der Waals surface area contributed by atoms with Crippen molar-refractivity contribution in [3.05, 3.63) is 22.4 Å². The van der Waals surface area contributed by atoms with Crippen LogP contribution in [0.5, 0.6) is 0 Å². The lowest BCUT2D eigenvalue weighted by Gasteiger charge is -2.25. The predicted octanol–water partition coefficient (Wildman–Crippen LogP) is 4.63. The molecular weight excluding hydrogens is 250 g/mol. The quantitative estimate of drug-likeness (QED) is 0.748. The molecule has 106 valence electrons. The van der Waals surface area contributed by atoms with Crippen LogP contribution in [0.15, 0.2) is 16.8 Å². The van der Waals surface area contributed by atoms with Crippen LogP contribution in [-0.2, 0) is 6.42 Å². The highest BCUT2D eigenvalue weighted by Crippen LogP contribution is 2.32. The molecule has 2 fully saturated rings. The Morgan fingerprint density at radius 2 is 1.89 bits per heavy atom. The van der Waals surface area contributed by atoms with Crippen molar-refractivity contribution < 1.29 is 0 Å². The van der Waals surface area contributed by atoms with Crippen LogP contribution in [0, 0.1) is 11.8 Å². The molecule has 2 atom stereocenters. The van der Waals surface area contributed by atoms with E-state index >= 15 is 0 Å². The van der Waals surface area contributed by atoms with E-state index in [9.17, 15) is 0 Å². The van der Waals surface area contributed by atoms with Crippen LogP contribution < -0.4 is 5.32 Å². The average molecular weight is 277 g/mol. The second kappa shape index (κ2) is 6.90. The molecule has 19 heavy (non-hydrogen) atoms. The summed E-state index contributed by atoms with van der Waals surface area (Å²) in [5.41, 5.74) is 1.56. The molecule has 1 aromatic heterocycles. The fourth-order valence-electron chi connectivity index (χ4n) is 3.50. The summed E-state index contributed by atoms with van der Waals surface area (Å²) in [5, 5.41) is 8.32. The van der Waals surface area contributed by atoms with Crippen LogP contribution in [0.4, 0.5) is 0 Å². The summed E-state index contributed by atoms with van der Waals surface area (Å²) in [6.45, 7) is 1.29. The molecule has 0 saturated heterocycles. The first-order valence-electron chi connectivity index (χ1n) is 8.16. The van der Waals surface area contributed by atoms with Crippen molar-refractivity contribution in [3.8, 4) is 0 Å². The first-order valence-corrected chi connectivity index (χ1v) is 9.10. The molecule has 1 nitrogen and oxygen atoms in total. The lowest BCUT2D eigenvalue weighted by molar-refractivity contribution is 0.283. The zero-order valence-electron chi connectivity index (χ0n) is 11.9. The lowest BCUT2D eigenvalue weighted by atomic mass is 9.83. The Labute approximate surface area is 121 Å². The van der Waals surface area contributed by atoms with E-state index in [1.807, 2.05) is 11.3 Å². The standard InChI is InChI=1S/C17H27NS/c1-2-4-15(7-6-14-10-11-19-13-14)16(5-3-1)12-18-17-8-9-17/h10-11,13,15-18H,1-9,12H2. The van der Waals surface area contributed by atoms with Gasteiger partial charge in [-0.05, 0) is 72.9 Å². The van der Waals surface area contributed by atoms with Gasteiger partial charge in [0, 0.05) is 6.04 Å². The second-order valence-corrected chi connectivity index (χ2v) is 7.29. The first-order chi connectivity index (χ1) is 9.42. The van der Waals surface area contributed by atoms with Crippen LogP contribution in [-0.4, -0.2) is 12.6 Å². The second-order valence-electron chi connectivity index (χ2n) is 6.51. The number of nitrogens with one attached hydrogen (secondary N) is 1. The van der Waals surface area contributed by atoms with Gasteiger partial charge < -0.3 is 5.32 Å². The molecular formula is C17H27NS. The summed E-state index contributed by atoms with van der Waals surface area (Å²) < 4.78 is 0. The van der Waals surface area contributed by atoms with E-state index in [2.05, 4.69) is 22.1 Å². The molecule has 2 aliphatic carbocycles. The van der Waals surface area contributed by atoms with Crippen LogP contribution in [0.1, 0.15) is 56.9 Å². The van der Waals surface area contributed by atoms with Crippen molar-refractivity contribution in [2.45, 2.75) is 63.8 Å². The number of hydrogen-bond acceptors (Lipinski definition) is 2. The molecule has 0 bridgehead atoms. The van der Waals surface area contributed by atoms with Crippen molar-refractivity contribution in [3.63, 3.8) is 0 Å². The third-order valence-electron chi connectivity index (χ3n) is 4.95. The minimum atomic E-state index is 0.876. The molecule has 1 aromatic rings. The number of aryl methyl sites for hydroxylation is 1. The minimum Gasteiger partial charge on any atom is -0.314 e. The molecule has 0 radical (unpaired) electrons. The van der Waals surface area contributed by atoms with Gasteiger partial charge in [-0.2, -0.15) is 11.3 Å². The van der Waals surface area contributed by atoms with Crippen molar-refractivity contribution in [2.24, 2.45) is 11.8 Å². The Morgan fingerprint density at radius 3 is 2.63 bits per heavy atom. The van der Waals surface area contributed by atoms with Gasteiger partial charge in [-0.1, -0.05) is 25.7 Å². The highest BCUT2D eigenvalue weighted by Gasteiger charge is 2.26. The fourth-order valence-corrected chi connectivity index (χ4v) is 4.21. The van der Waals surface area contributed by atoms with E-state index in [1.54, 1.807) is 5.56 Å². The smallest absolute Gasteiger partial charge is 0.00683 e. The number of hydrogen-bond donors (Lipinski definition) is 1. The van der Waals surface area contributed by atoms with E-state index < -0.39 is 0 Å². The third kappa shape index (κ3) is 4.32. The summed E-state index contributed by atoms with van der Waals surface area (Å²) in [6, 6.07) is 3.18. The van der Waals surface area contributed by atoms with E-state index in [1.165, 1.54) is 64.3 Å². The summed E-state index contributed by atoms with van der Waals surface area (Å²) in [7, 11) is 0. The highest BCUT2D eigenvalue weighted by atomic mass is 32.1. The SMILES string of the molecule is c1cc(CCC2CCCCCC2CNC2CC2)cs1. The van der Waals surface area contributed by atoms with E-state index in [0.717, 1.165) is 17.9 Å². The molecule has 2 saturated carbocycles. The van der Waals surface area contributed by atoms with Gasteiger partial charge in [0.15, 0.2) is 0 Å². The van der Waals surface area contributed by atoms with Gasteiger partial charge in [0.1, 0.15) is 0 Å². The Morgan fingerprint density at radius 1 is 1.05 bits per heavy atom. The molecule has 2 heteroatoms. The van der Waals surface area contributed by atoms with Gasteiger partial charge in [-0.3, -0.25) is 0 Å². The molecule has 0 aliphatic heterocycles. The topological polar surface area (TPSA) is 12.0 Å². The maximum absolute atomic E-state index is 3.78. The number of rotatable bonds is 6. The molecule has 1 N–H and O–H groups in total.